The van der Waals surface area contributed by atoms with E-state index in [9.17, 15) is 9.18 Å². The molecule has 6 nitrogen and oxygen atoms in total. The summed E-state index contributed by atoms with van der Waals surface area (Å²) in [5, 5.41) is 9.99. The van der Waals surface area contributed by atoms with E-state index in [1.54, 1.807) is 6.07 Å². The van der Waals surface area contributed by atoms with Crippen molar-refractivity contribution in [2.75, 3.05) is 6.54 Å². The van der Waals surface area contributed by atoms with E-state index in [-0.39, 0.29) is 30.2 Å². The van der Waals surface area contributed by atoms with E-state index in [1.807, 2.05) is 6.07 Å². The highest BCUT2D eigenvalue weighted by Gasteiger charge is 2.19. The van der Waals surface area contributed by atoms with Crippen molar-refractivity contribution in [2.24, 2.45) is 0 Å². The fraction of sp³-hybridized carbons (Fsp3) is 0.400. The molecule has 1 saturated heterocycles. The number of aromatic nitrogens is 3. The first-order valence-electron chi connectivity index (χ1n) is 7.38. The van der Waals surface area contributed by atoms with Gasteiger partial charge in [-0.05, 0) is 37.0 Å². The molecule has 2 N–H and O–H groups in total. The number of nitrogens with one attached hydrogen (secondary N) is 2. The van der Waals surface area contributed by atoms with Gasteiger partial charge in [0.15, 0.2) is 0 Å². The molecule has 2 aromatic rings. The molecule has 1 fully saturated rings. The third-order valence-electron chi connectivity index (χ3n) is 3.77. The third kappa shape index (κ3) is 4.27. The van der Waals surface area contributed by atoms with E-state index in [0.29, 0.717) is 12.2 Å². The Labute approximate surface area is 139 Å². The van der Waals surface area contributed by atoms with Crippen LogP contribution in [-0.2, 0) is 11.3 Å². The summed E-state index contributed by atoms with van der Waals surface area (Å²) in [6, 6.07) is 4.73. The van der Waals surface area contributed by atoms with Crippen LogP contribution in [0.5, 0.6) is 0 Å². The van der Waals surface area contributed by atoms with Gasteiger partial charge in [-0.2, -0.15) is 5.10 Å². The number of hydrogen-bond donors (Lipinski definition) is 2. The Balaban J connectivity index is 0.00000192. The largest absolute Gasteiger partial charge is 0.355 e. The van der Waals surface area contributed by atoms with Gasteiger partial charge < -0.3 is 10.6 Å². The maximum absolute atomic E-state index is 14.1. The predicted molar refractivity (Wildman–Crippen MR) is 86.1 cm³/mol. The van der Waals surface area contributed by atoms with E-state index in [1.165, 1.54) is 23.4 Å². The molecule has 1 unspecified atom stereocenters. The zero-order valence-corrected chi connectivity index (χ0v) is 13.4. The number of carbonyl (C=O) groups excluding carboxylic acids is 1. The molecule has 0 radical (unpaired) electrons. The van der Waals surface area contributed by atoms with Crippen LogP contribution in [0.25, 0.3) is 5.69 Å². The Bertz CT molecular complexity index is 649. The van der Waals surface area contributed by atoms with Gasteiger partial charge in [0.25, 0.3) is 0 Å². The molecule has 1 amide bonds. The van der Waals surface area contributed by atoms with Crippen LogP contribution in [0, 0.1) is 5.82 Å². The van der Waals surface area contributed by atoms with Crippen LogP contribution in [0.15, 0.2) is 30.9 Å². The van der Waals surface area contributed by atoms with Crippen molar-refractivity contribution in [1.29, 1.82) is 0 Å². The Morgan fingerprint density at radius 1 is 1.39 bits per heavy atom. The molecule has 124 valence electrons. The minimum atomic E-state index is -0.366. The molecule has 23 heavy (non-hydrogen) atoms. The van der Waals surface area contributed by atoms with Crippen LogP contribution < -0.4 is 10.6 Å². The summed E-state index contributed by atoms with van der Waals surface area (Å²) in [5.74, 6) is -0.340. The van der Waals surface area contributed by atoms with Gasteiger partial charge >= 0.3 is 0 Å². The second-order valence-corrected chi connectivity index (χ2v) is 5.35. The lowest BCUT2D eigenvalue weighted by atomic mass is 10.1. The normalized spacial score (nSPS) is 18.0. The molecular weight excluding hydrogens is 321 g/mol. The summed E-state index contributed by atoms with van der Waals surface area (Å²) < 4.78 is 15.5. The van der Waals surface area contributed by atoms with Crippen molar-refractivity contribution in [2.45, 2.75) is 31.8 Å². The number of nitrogens with zero attached hydrogens (tertiary/aromatic N) is 3. The lowest BCUT2D eigenvalue weighted by molar-refractivity contribution is -0.122. The molecular formula is C15H19ClFN5O. The first-order chi connectivity index (χ1) is 10.7. The lowest BCUT2D eigenvalue weighted by Gasteiger charge is -2.15. The molecule has 1 aliphatic rings. The molecule has 1 aromatic heterocycles. The molecule has 1 aromatic carbocycles. The average molecular weight is 340 g/mol. The fourth-order valence-electron chi connectivity index (χ4n) is 2.55. The summed E-state index contributed by atoms with van der Waals surface area (Å²) in [4.78, 5) is 15.7. The van der Waals surface area contributed by atoms with Gasteiger partial charge in [-0.25, -0.2) is 14.1 Å². The molecule has 8 heteroatoms. The van der Waals surface area contributed by atoms with E-state index in [2.05, 4.69) is 20.7 Å². The van der Waals surface area contributed by atoms with Gasteiger partial charge in [0.1, 0.15) is 24.2 Å². The minimum Gasteiger partial charge on any atom is -0.355 e. The third-order valence-corrected chi connectivity index (χ3v) is 3.77. The minimum absolute atomic E-state index is 0. The Morgan fingerprint density at radius 2 is 2.26 bits per heavy atom. The predicted octanol–water partition coefficient (Wildman–Crippen LogP) is 1.59. The SMILES string of the molecule is Cl.O=C1NCCCCC1NCc1ccc(-n2cncn2)c(F)c1. The first kappa shape index (κ1) is 17.4. The van der Waals surface area contributed by atoms with Crippen LogP contribution in [0.1, 0.15) is 24.8 Å². The second-order valence-electron chi connectivity index (χ2n) is 5.35. The van der Waals surface area contributed by atoms with Crippen molar-refractivity contribution >= 4 is 18.3 Å². The number of benzene rings is 1. The highest BCUT2D eigenvalue weighted by Crippen LogP contribution is 2.14. The van der Waals surface area contributed by atoms with Gasteiger partial charge in [0.05, 0.1) is 6.04 Å². The highest BCUT2D eigenvalue weighted by molar-refractivity contribution is 5.85. The zero-order chi connectivity index (χ0) is 15.4. The van der Waals surface area contributed by atoms with Crippen LogP contribution in [0.4, 0.5) is 4.39 Å². The van der Waals surface area contributed by atoms with Crippen molar-refractivity contribution in [1.82, 2.24) is 25.4 Å². The molecule has 3 rings (SSSR count). The smallest absolute Gasteiger partial charge is 0.237 e. The molecule has 1 aliphatic heterocycles. The Hall–Kier alpha value is -1.99. The molecule has 0 aliphatic carbocycles. The van der Waals surface area contributed by atoms with Crippen LogP contribution in [0.3, 0.4) is 0 Å². The summed E-state index contributed by atoms with van der Waals surface area (Å²) >= 11 is 0. The van der Waals surface area contributed by atoms with E-state index >= 15 is 0 Å². The van der Waals surface area contributed by atoms with Crippen LogP contribution in [-0.4, -0.2) is 33.3 Å². The average Bonchev–Trinajstić information content (AvgIpc) is 2.96. The zero-order valence-electron chi connectivity index (χ0n) is 12.5. The lowest BCUT2D eigenvalue weighted by Crippen LogP contribution is -2.42. The van der Waals surface area contributed by atoms with Crippen molar-refractivity contribution in [3.8, 4) is 5.69 Å². The van der Waals surface area contributed by atoms with Crippen molar-refractivity contribution in [3.63, 3.8) is 0 Å². The van der Waals surface area contributed by atoms with Gasteiger partial charge in [-0.3, -0.25) is 4.79 Å². The summed E-state index contributed by atoms with van der Waals surface area (Å²) in [5.41, 5.74) is 1.15. The summed E-state index contributed by atoms with van der Waals surface area (Å²) in [7, 11) is 0. The highest BCUT2D eigenvalue weighted by atomic mass is 35.5. The summed E-state index contributed by atoms with van der Waals surface area (Å²) in [6.45, 7) is 1.19. The Morgan fingerprint density at radius 3 is 3.00 bits per heavy atom. The molecule has 0 saturated carbocycles. The molecule has 1 atom stereocenters. The number of rotatable bonds is 4. The number of halogens is 2. The number of hydrogen-bond acceptors (Lipinski definition) is 4. The summed E-state index contributed by atoms with van der Waals surface area (Å²) in [6.07, 6.45) is 5.64. The quantitative estimate of drug-likeness (QED) is 0.887. The van der Waals surface area contributed by atoms with E-state index in [4.69, 9.17) is 0 Å². The van der Waals surface area contributed by atoms with Crippen molar-refractivity contribution < 1.29 is 9.18 Å². The van der Waals surface area contributed by atoms with Crippen LogP contribution >= 0.6 is 12.4 Å². The molecule has 2 heterocycles. The van der Waals surface area contributed by atoms with E-state index < -0.39 is 0 Å². The molecule has 0 bridgehead atoms. The maximum Gasteiger partial charge on any atom is 0.237 e. The van der Waals surface area contributed by atoms with E-state index in [0.717, 1.165) is 31.4 Å². The standard InChI is InChI=1S/C15H18FN5O.ClH/c16-12-7-11(4-5-14(12)21-10-17-9-20-21)8-19-13-3-1-2-6-18-15(13)22;/h4-5,7,9-10,13,19H,1-3,6,8H2,(H,18,22);1H. The monoisotopic (exact) mass is 339 g/mol. The van der Waals surface area contributed by atoms with Gasteiger partial charge in [0, 0.05) is 13.1 Å². The topological polar surface area (TPSA) is 71.8 Å². The van der Waals surface area contributed by atoms with Crippen molar-refractivity contribution in [3.05, 3.63) is 42.2 Å². The first-order valence-corrected chi connectivity index (χ1v) is 7.38. The Kier molecular flexibility index (Phi) is 6.06. The number of amides is 1. The van der Waals surface area contributed by atoms with Crippen LogP contribution in [0.2, 0.25) is 0 Å². The number of carbonyl (C=O) groups is 1. The molecule has 0 spiro atoms. The second kappa shape index (κ2) is 8.03. The van der Waals surface area contributed by atoms with Gasteiger partial charge in [-0.15, -0.1) is 12.4 Å². The maximum atomic E-state index is 14.1. The fourth-order valence-corrected chi connectivity index (χ4v) is 2.55. The van der Waals surface area contributed by atoms with Gasteiger partial charge in [-0.1, -0.05) is 6.07 Å². The van der Waals surface area contributed by atoms with Gasteiger partial charge in [0.2, 0.25) is 5.91 Å².